The highest BCUT2D eigenvalue weighted by Gasteiger charge is 2.30. The van der Waals surface area contributed by atoms with Crippen LogP contribution < -0.4 is 5.32 Å². The van der Waals surface area contributed by atoms with Crippen molar-refractivity contribution in [1.29, 1.82) is 0 Å². The molecular weight excluding hydrogens is 426 g/mol. The van der Waals surface area contributed by atoms with Crippen molar-refractivity contribution in [2.45, 2.75) is 12.7 Å². The standard InChI is InChI=1S/C19H12Cl2F3N5/c20-14-2-1-3-15(21)13(14)8-29-10-27-17(16-18(29)26-9-25-16)28-12-6-4-11(5-7-12)19(22,23)24/h1-7,9-10,28H,8H2. The Morgan fingerprint density at radius 1 is 0.931 bits per heavy atom. The maximum Gasteiger partial charge on any atom is 0.416 e. The molecule has 0 atom stereocenters. The van der Waals surface area contributed by atoms with Crippen LogP contribution in [0.25, 0.3) is 11.5 Å². The molecule has 4 rings (SSSR count). The fraction of sp³-hybridized carbons (Fsp3) is 0.105. The first kappa shape index (κ1) is 19.5. The summed E-state index contributed by atoms with van der Waals surface area (Å²) in [7, 11) is 0. The molecule has 10 heteroatoms. The van der Waals surface area contributed by atoms with E-state index >= 15 is 0 Å². The molecule has 0 saturated carbocycles. The van der Waals surface area contributed by atoms with E-state index in [-0.39, 0.29) is 0 Å². The van der Waals surface area contributed by atoms with Gasteiger partial charge in [0.25, 0.3) is 0 Å². The van der Waals surface area contributed by atoms with Crippen LogP contribution in [0.1, 0.15) is 11.1 Å². The Labute approximate surface area is 173 Å². The van der Waals surface area contributed by atoms with Gasteiger partial charge in [-0.25, -0.2) is 15.0 Å². The summed E-state index contributed by atoms with van der Waals surface area (Å²) >= 11 is 12.5. The molecule has 0 radical (unpaired) electrons. The van der Waals surface area contributed by atoms with E-state index in [2.05, 4.69) is 20.3 Å². The van der Waals surface area contributed by atoms with Gasteiger partial charge in [0.05, 0.1) is 18.4 Å². The number of rotatable bonds is 4. The number of nitrogens with one attached hydrogen (secondary N) is 1. The van der Waals surface area contributed by atoms with Gasteiger partial charge in [-0.2, -0.15) is 13.2 Å². The topological polar surface area (TPSA) is 55.6 Å². The van der Waals surface area contributed by atoms with Crippen molar-refractivity contribution in [2.24, 2.45) is 0 Å². The fourth-order valence-corrected chi connectivity index (χ4v) is 3.34. The molecule has 2 aliphatic heterocycles. The number of benzene rings is 2. The SMILES string of the molecule is FC(F)(F)c1ccc(Nc2ncn(Cc3c(Cl)cccc3Cl)c3ncnc2-3)cc1. The summed E-state index contributed by atoms with van der Waals surface area (Å²) in [5, 5.41) is 4.02. The van der Waals surface area contributed by atoms with Gasteiger partial charge in [-0.3, -0.25) is 0 Å². The van der Waals surface area contributed by atoms with Gasteiger partial charge < -0.3 is 9.88 Å². The zero-order valence-electron chi connectivity index (χ0n) is 14.6. The normalized spacial score (nSPS) is 11.8. The maximum atomic E-state index is 12.7. The van der Waals surface area contributed by atoms with Gasteiger partial charge in [0.1, 0.15) is 6.33 Å². The lowest BCUT2D eigenvalue weighted by molar-refractivity contribution is -0.137. The predicted molar refractivity (Wildman–Crippen MR) is 105 cm³/mol. The van der Waals surface area contributed by atoms with Crippen molar-refractivity contribution in [2.75, 3.05) is 5.32 Å². The first-order valence-corrected chi connectivity index (χ1v) is 9.11. The zero-order valence-corrected chi connectivity index (χ0v) is 16.1. The number of anilines is 2. The van der Waals surface area contributed by atoms with Crippen LogP contribution in [0, 0.1) is 0 Å². The third-order valence-electron chi connectivity index (χ3n) is 4.27. The second-order valence-corrected chi connectivity index (χ2v) is 6.98. The van der Waals surface area contributed by atoms with Crippen molar-refractivity contribution in [1.82, 2.24) is 19.5 Å². The third-order valence-corrected chi connectivity index (χ3v) is 4.97. The summed E-state index contributed by atoms with van der Waals surface area (Å²) in [4.78, 5) is 12.8. The molecule has 0 unspecified atom stereocenters. The Kier molecular flexibility index (Phi) is 5.06. The molecule has 148 valence electrons. The Hall–Kier alpha value is -2.84. The highest BCUT2D eigenvalue weighted by molar-refractivity contribution is 6.36. The number of fused-ring (bicyclic) bond motifs is 1. The van der Waals surface area contributed by atoms with E-state index in [0.717, 1.165) is 17.7 Å². The van der Waals surface area contributed by atoms with E-state index in [1.54, 1.807) is 29.1 Å². The maximum absolute atomic E-state index is 12.7. The number of hydrogen-bond donors (Lipinski definition) is 1. The molecule has 1 N–H and O–H groups in total. The van der Waals surface area contributed by atoms with Crippen LogP contribution in [0.4, 0.5) is 24.7 Å². The van der Waals surface area contributed by atoms with Gasteiger partial charge in [-0.05, 0) is 36.4 Å². The van der Waals surface area contributed by atoms with E-state index < -0.39 is 11.7 Å². The molecule has 0 spiro atoms. The van der Waals surface area contributed by atoms with Crippen molar-refractivity contribution < 1.29 is 13.2 Å². The van der Waals surface area contributed by atoms with Crippen molar-refractivity contribution in [3.8, 4) is 11.5 Å². The van der Waals surface area contributed by atoms with Crippen molar-refractivity contribution in [3.63, 3.8) is 0 Å². The van der Waals surface area contributed by atoms with E-state index in [4.69, 9.17) is 23.2 Å². The van der Waals surface area contributed by atoms with Gasteiger partial charge in [0.15, 0.2) is 17.3 Å². The Balaban J connectivity index is 1.63. The van der Waals surface area contributed by atoms with Crippen molar-refractivity contribution in [3.05, 3.63) is 76.3 Å². The van der Waals surface area contributed by atoms with E-state index in [1.807, 2.05) is 0 Å². The lowest BCUT2D eigenvalue weighted by atomic mass is 10.2. The number of imidazole rings is 1. The lowest BCUT2D eigenvalue weighted by Gasteiger charge is -2.16. The third kappa shape index (κ3) is 3.99. The molecule has 0 amide bonds. The molecule has 2 aliphatic rings. The average Bonchev–Trinajstić information content (AvgIpc) is 3.16. The van der Waals surface area contributed by atoms with Crippen LogP contribution in [0.3, 0.4) is 0 Å². The summed E-state index contributed by atoms with van der Waals surface area (Å²) in [5.74, 6) is 0.907. The molecule has 2 aromatic carbocycles. The molecule has 5 nitrogen and oxygen atoms in total. The monoisotopic (exact) mass is 437 g/mol. The second-order valence-electron chi connectivity index (χ2n) is 6.17. The smallest absolute Gasteiger partial charge is 0.338 e. The number of alkyl halides is 3. The van der Waals surface area contributed by atoms with Gasteiger partial charge in [0.2, 0.25) is 0 Å². The van der Waals surface area contributed by atoms with Crippen LogP contribution in [-0.2, 0) is 12.7 Å². The number of hydrogen-bond acceptors (Lipinski definition) is 4. The molecule has 2 aromatic rings. The minimum Gasteiger partial charge on any atom is -0.338 e. The number of halogens is 5. The summed E-state index contributed by atoms with van der Waals surface area (Å²) in [6.45, 7) is 0.335. The van der Waals surface area contributed by atoms with Gasteiger partial charge in [-0.1, -0.05) is 29.3 Å². The van der Waals surface area contributed by atoms with Gasteiger partial charge in [0, 0.05) is 21.3 Å². The quantitative estimate of drug-likeness (QED) is 0.432. The minimum absolute atomic E-state index is 0.335. The molecule has 29 heavy (non-hydrogen) atoms. The molecule has 0 aromatic heterocycles. The molecule has 0 fully saturated rings. The molecule has 0 aliphatic carbocycles. The van der Waals surface area contributed by atoms with E-state index in [0.29, 0.717) is 39.6 Å². The van der Waals surface area contributed by atoms with E-state index in [9.17, 15) is 13.2 Å². The Morgan fingerprint density at radius 2 is 1.62 bits per heavy atom. The number of aromatic nitrogens is 4. The summed E-state index contributed by atoms with van der Waals surface area (Å²) in [6.07, 6.45) is -1.46. The van der Waals surface area contributed by atoms with E-state index in [1.165, 1.54) is 18.5 Å². The Bertz CT molecular complexity index is 1110. The van der Waals surface area contributed by atoms with Gasteiger partial charge in [-0.15, -0.1) is 0 Å². The first-order valence-electron chi connectivity index (χ1n) is 8.36. The molecule has 2 heterocycles. The first-order chi connectivity index (χ1) is 13.8. The second kappa shape index (κ2) is 7.53. The van der Waals surface area contributed by atoms with Crippen LogP contribution in [0.2, 0.25) is 10.0 Å². The molecule has 0 bridgehead atoms. The lowest BCUT2D eigenvalue weighted by Crippen LogP contribution is -2.10. The highest BCUT2D eigenvalue weighted by atomic mass is 35.5. The minimum atomic E-state index is -4.39. The molecular formula is C19H12Cl2F3N5. The van der Waals surface area contributed by atoms with Crippen LogP contribution in [0.5, 0.6) is 0 Å². The largest absolute Gasteiger partial charge is 0.416 e. The Morgan fingerprint density at radius 3 is 2.28 bits per heavy atom. The summed E-state index contributed by atoms with van der Waals surface area (Å²) in [5.41, 5.74) is 0.907. The number of nitrogens with zero attached hydrogens (tertiary/aromatic N) is 4. The molecule has 0 saturated heterocycles. The van der Waals surface area contributed by atoms with Crippen LogP contribution >= 0.6 is 23.2 Å². The van der Waals surface area contributed by atoms with Crippen molar-refractivity contribution >= 4 is 34.7 Å². The van der Waals surface area contributed by atoms with Crippen LogP contribution in [0.15, 0.2) is 55.1 Å². The summed E-state index contributed by atoms with van der Waals surface area (Å²) < 4.78 is 39.9. The fourth-order valence-electron chi connectivity index (χ4n) is 2.82. The highest BCUT2D eigenvalue weighted by Crippen LogP contribution is 2.32. The van der Waals surface area contributed by atoms with Crippen LogP contribution in [-0.4, -0.2) is 19.5 Å². The zero-order chi connectivity index (χ0) is 20.6. The predicted octanol–water partition coefficient (Wildman–Crippen LogP) is 5.90. The summed E-state index contributed by atoms with van der Waals surface area (Å²) in [6, 6.07) is 9.90. The van der Waals surface area contributed by atoms with Gasteiger partial charge >= 0.3 is 6.18 Å². The average molecular weight is 438 g/mol.